The lowest BCUT2D eigenvalue weighted by molar-refractivity contribution is 0.148. The molecule has 0 aromatic heterocycles. The first kappa shape index (κ1) is 35.0. The summed E-state index contributed by atoms with van der Waals surface area (Å²) in [6, 6.07) is 7.95. The van der Waals surface area contributed by atoms with Gasteiger partial charge in [0.15, 0.2) is 23.0 Å². The Bertz CT molecular complexity index is 1600. The molecule has 2 unspecified atom stereocenters. The van der Waals surface area contributed by atoms with Gasteiger partial charge in [0.1, 0.15) is 11.5 Å². The standard InChI is InChI=1S/C38H50O8/c1-19(2)13-27(39)33-23-15-21(5)31(35(43-9)25(23)17-29(41-7)37(33)45-11)32-22(6)16-24-26(36(32)44-10)18-30(42-8)38(46-12)34(24)28(40)14-20(3)4/h15-20,27-28,39-40H,13-14H2,1-12H3. The van der Waals surface area contributed by atoms with Gasteiger partial charge in [0.05, 0.1) is 54.9 Å². The van der Waals surface area contributed by atoms with Crippen LogP contribution < -0.4 is 28.4 Å². The number of aliphatic hydroxyl groups excluding tert-OH is 2. The van der Waals surface area contributed by atoms with Gasteiger partial charge in [-0.15, -0.1) is 0 Å². The van der Waals surface area contributed by atoms with Crippen molar-refractivity contribution in [3.05, 3.63) is 46.5 Å². The van der Waals surface area contributed by atoms with E-state index >= 15 is 0 Å². The van der Waals surface area contributed by atoms with E-state index in [0.29, 0.717) is 58.5 Å². The molecule has 4 aromatic carbocycles. The second kappa shape index (κ2) is 14.3. The van der Waals surface area contributed by atoms with Crippen LogP contribution in [0, 0.1) is 25.7 Å². The van der Waals surface area contributed by atoms with Gasteiger partial charge in [-0.25, -0.2) is 0 Å². The number of benzene rings is 4. The number of aryl methyl sites for hydroxylation is 2. The number of aliphatic hydroxyl groups is 2. The Morgan fingerprint density at radius 3 is 1.07 bits per heavy atom. The molecule has 46 heavy (non-hydrogen) atoms. The Morgan fingerprint density at radius 2 is 0.804 bits per heavy atom. The first-order valence-corrected chi connectivity index (χ1v) is 15.8. The highest BCUT2D eigenvalue weighted by Crippen LogP contribution is 2.53. The van der Waals surface area contributed by atoms with E-state index < -0.39 is 12.2 Å². The van der Waals surface area contributed by atoms with E-state index in [1.807, 2.05) is 26.0 Å². The number of ether oxygens (including phenoxy) is 6. The van der Waals surface area contributed by atoms with Gasteiger partial charge in [-0.2, -0.15) is 0 Å². The summed E-state index contributed by atoms with van der Waals surface area (Å²) >= 11 is 0. The molecule has 0 spiro atoms. The number of fused-ring (bicyclic) bond motifs is 2. The summed E-state index contributed by atoms with van der Waals surface area (Å²) in [6.07, 6.45) is -0.458. The lowest BCUT2D eigenvalue weighted by Gasteiger charge is -2.26. The molecule has 0 aliphatic carbocycles. The lowest BCUT2D eigenvalue weighted by Crippen LogP contribution is -2.08. The van der Waals surface area contributed by atoms with Gasteiger partial charge < -0.3 is 38.6 Å². The summed E-state index contributed by atoms with van der Waals surface area (Å²) in [6.45, 7) is 12.4. The first-order chi connectivity index (χ1) is 21.9. The maximum atomic E-state index is 11.5. The zero-order chi connectivity index (χ0) is 34.0. The maximum absolute atomic E-state index is 11.5. The lowest BCUT2D eigenvalue weighted by atomic mass is 9.85. The van der Waals surface area contributed by atoms with E-state index in [1.165, 1.54) is 0 Å². The Morgan fingerprint density at radius 1 is 0.478 bits per heavy atom. The molecule has 0 saturated carbocycles. The van der Waals surface area contributed by atoms with Crippen LogP contribution in [0.3, 0.4) is 0 Å². The van der Waals surface area contributed by atoms with Crippen molar-refractivity contribution in [1.82, 2.24) is 0 Å². The SMILES string of the molecule is COc1cc2c(OC)c(-c3c(C)cc4c(C(O)CC(C)C)c(OC)c(OC)cc4c3OC)c(C)cc2c(C(O)CC(C)C)c1OC. The molecule has 0 fully saturated rings. The van der Waals surface area contributed by atoms with E-state index in [-0.39, 0.29) is 11.8 Å². The Kier molecular flexibility index (Phi) is 10.8. The van der Waals surface area contributed by atoms with E-state index in [1.54, 1.807) is 42.7 Å². The fraction of sp³-hybridized carbons (Fsp3) is 0.474. The molecule has 0 radical (unpaired) electrons. The minimum Gasteiger partial charge on any atom is -0.495 e. The van der Waals surface area contributed by atoms with E-state index in [9.17, 15) is 10.2 Å². The summed E-state index contributed by atoms with van der Waals surface area (Å²) in [5, 5.41) is 26.2. The van der Waals surface area contributed by atoms with Crippen molar-refractivity contribution in [2.24, 2.45) is 11.8 Å². The predicted molar refractivity (Wildman–Crippen MR) is 185 cm³/mol. The van der Waals surface area contributed by atoms with Gasteiger partial charge in [0.2, 0.25) is 0 Å². The van der Waals surface area contributed by atoms with Crippen molar-refractivity contribution in [3.8, 4) is 45.6 Å². The van der Waals surface area contributed by atoms with E-state index in [4.69, 9.17) is 28.4 Å². The maximum Gasteiger partial charge on any atom is 0.167 e. The minimum absolute atomic E-state index is 0.257. The fourth-order valence-electron chi connectivity index (χ4n) is 6.80. The molecule has 0 aliphatic rings. The van der Waals surface area contributed by atoms with Gasteiger partial charge in [-0.1, -0.05) is 39.8 Å². The molecule has 0 aliphatic heterocycles. The molecule has 0 heterocycles. The van der Waals surface area contributed by atoms with Crippen LogP contribution in [0.2, 0.25) is 0 Å². The molecule has 0 bridgehead atoms. The van der Waals surface area contributed by atoms with Crippen molar-refractivity contribution in [3.63, 3.8) is 0 Å². The Balaban J connectivity index is 2.18. The van der Waals surface area contributed by atoms with Crippen LogP contribution in [0.4, 0.5) is 0 Å². The van der Waals surface area contributed by atoms with E-state index in [0.717, 1.165) is 43.8 Å². The number of hydrogen-bond acceptors (Lipinski definition) is 8. The van der Waals surface area contributed by atoms with Crippen molar-refractivity contribution < 1.29 is 38.6 Å². The quantitative estimate of drug-likeness (QED) is 0.151. The third-order valence-corrected chi connectivity index (χ3v) is 8.66. The molecular formula is C38H50O8. The zero-order valence-electron chi connectivity index (χ0n) is 29.4. The van der Waals surface area contributed by atoms with Crippen molar-refractivity contribution in [1.29, 1.82) is 0 Å². The molecule has 4 rings (SSSR count). The summed E-state index contributed by atoms with van der Waals surface area (Å²) in [5.41, 5.74) is 4.89. The van der Waals surface area contributed by atoms with Gasteiger partial charge in [-0.3, -0.25) is 0 Å². The van der Waals surface area contributed by atoms with Gasteiger partial charge in [-0.05, 0) is 72.6 Å². The second-order valence-corrected chi connectivity index (χ2v) is 12.7. The highest BCUT2D eigenvalue weighted by Gasteiger charge is 2.30. The minimum atomic E-state index is -0.780. The number of rotatable bonds is 13. The molecule has 4 aromatic rings. The monoisotopic (exact) mass is 634 g/mol. The van der Waals surface area contributed by atoms with Crippen molar-refractivity contribution in [2.75, 3.05) is 42.7 Å². The van der Waals surface area contributed by atoms with Crippen LogP contribution in [0.25, 0.3) is 32.7 Å². The highest BCUT2D eigenvalue weighted by molar-refractivity contribution is 6.06. The smallest absolute Gasteiger partial charge is 0.167 e. The molecule has 2 atom stereocenters. The molecule has 250 valence electrons. The van der Waals surface area contributed by atoms with Gasteiger partial charge in [0.25, 0.3) is 0 Å². The van der Waals surface area contributed by atoms with Crippen LogP contribution in [-0.2, 0) is 0 Å². The van der Waals surface area contributed by atoms with Crippen LogP contribution in [-0.4, -0.2) is 52.9 Å². The highest BCUT2D eigenvalue weighted by atomic mass is 16.5. The average molecular weight is 635 g/mol. The molecule has 0 amide bonds. The van der Waals surface area contributed by atoms with Gasteiger partial charge >= 0.3 is 0 Å². The van der Waals surface area contributed by atoms with Crippen molar-refractivity contribution in [2.45, 2.75) is 66.6 Å². The number of hydrogen-bond donors (Lipinski definition) is 2. The van der Waals surface area contributed by atoms with Gasteiger partial charge in [0, 0.05) is 33.0 Å². The third-order valence-electron chi connectivity index (χ3n) is 8.66. The normalized spacial score (nSPS) is 13.0. The fourth-order valence-corrected chi connectivity index (χ4v) is 6.80. The average Bonchev–Trinajstić information content (AvgIpc) is 3.00. The van der Waals surface area contributed by atoms with E-state index in [2.05, 4.69) is 39.8 Å². The van der Waals surface area contributed by atoms with Crippen LogP contribution in [0.1, 0.15) is 75.0 Å². The second-order valence-electron chi connectivity index (χ2n) is 12.7. The van der Waals surface area contributed by atoms with Crippen molar-refractivity contribution >= 4 is 21.5 Å². The molecule has 0 saturated heterocycles. The topological polar surface area (TPSA) is 95.8 Å². The largest absolute Gasteiger partial charge is 0.495 e. The predicted octanol–water partition coefficient (Wildman–Crippen LogP) is 8.49. The van der Waals surface area contributed by atoms with Crippen LogP contribution in [0.5, 0.6) is 34.5 Å². The Labute approximate surface area is 273 Å². The summed E-state index contributed by atoms with van der Waals surface area (Å²) in [7, 11) is 9.66. The first-order valence-electron chi connectivity index (χ1n) is 15.8. The summed E-state index contributed by atoms with van der Waals surface area (Å²) in [4.78, 5) is 0. The Hall–Kier alpha value is -3.88. The molecule has 8 nitrogen and oxygen atoms in total. The van der Waals surface area contributed by atoms with Crippen LogP contribution >= 0.6 is 0 Å². The molecule has 2 N–H and O–H groups in total. The zero-order valence-corrected chi connectivity index (χ0v) is 29.4. The number of methoxy groups -OCH3 is 6. The molecular weight excluding hydrogens is 584 g/mol. The summed E-state index contributed by atoms with van der Waals surface area (Å²) in [5.74, 6) is 3.77. The van der Waals surface area contributed by atoms with Crippen LogP contribution in [0.15, 0.2) is 24.3 Å². The summed E-state index contributed by atoms with van der Waals surface area (Å²) < 4.78 is 35.6. The molecule has 8 heteroatoms. The third kappa shape index (κ3) is 6.13.